The van der Waals surface area contributed by atoms with E-state index in [9.17, 15) is 0 Å². The molecule has 7 rings (SSSR count). The average Bonchev–Trinajstić information content (AvgIpc) is 3.74. The molecule has 1 atom stereocenters. The second kappa shape index (κ2) is 11.6. The van der Waals surface area contributed by atoms with Gasteiger partial charge in [-0.05, 0) is 116 Å². The molecule has 0 aromatic heterocycles. The first-order chi connectivity index (χ1) is 22.6. The Morgan fingerprint density at radius 1 is 0.708 bits per heavy atom. The number of rotatable bonds is 5. The highest BCUT2D eigenvalue weighted by Crippen LogP contribution is 2.55. The van der Waals surface area contributed by atoms with E-state index in [-0.39, 0.29) is 10.8 Å². The third-order valence-electron chi connectivity index (χ3n) is 11.9. The van der Waals surface area contributed by atoms with Crippen LogP contribution in [0.4, 0.5) is 0 Å². The average molecular weight is 649 g/mol. The number of aryl methyl sites for hydroxylation is 1. The van der Waals surface area contributed by atoms with Crippen molar-refractivity contribution in [3.63, 3.8) is 0 Å². The van der Waals surface area contributed by atoms with Crippen LogP contribution in [0.2, 0.25) is 13.1 Å². The van der Waals surface area contributed by atoms with Gasteiger partial charge in [0.1, 0.15) is 0 Å². The van der Waals surface area contributed by atoms with Crippen LogP contribution in [0.15, 0.2) is 83.9 Å². The standard InChI is InChI=1S/C47H56Si/c1-29(2)39-28-40-36(31-18-22-34(23-19-31)46(4,5)6)15-13-17-38(40)45(39)48(10,11)44-30(3)26-41-42(44)27-33-14-12-16-37(33)43(41)32-20-24-35(25-21-32)47(7,8)9/h13,15,17-25,27-29,45H,12,14,16,26H2,1-11H3. The van der Waals surface area contributed by atoms with Gasteiger partial charge in [0, 0.05) is 5.54 Å². The second-order valence-electron chi connectivity index (χ2n) is 18.0. The molecule has 4 aromatic carbocycles. The first-order valence-corrected chi connectivity index (χ1v) is 21.6. The Balaban J connectivity index is 1.35. The summed E-state index contributed by atoms with van der Waals surface area (Å²) < 4.78 is 0. The zero-order valence-corrected chi connectivity index (χ0v) is 32.5. The quantitative estimate of drug-likeness (QED) is 0.189. The molecule has 0 bridgehead atoms. The summed E-state index contributed by atoms with van der Waals surface area (Å²) >= 11 is 0. The van der Waals surface area contributed by atoms with Crippen LogP contribution in [0.1, 0.15) is 119 Å². The fourth-order valence-electron chi connectivity index (χ4n) is 9.44. The van der Waals surface area contributed by atoms with Gasteiger partial charge in [-0.25, -0.2) is 0 Å². The largest absolute Gasteiger partial charge is 0.0930 e. The Labute approximate surface area is 292 Å². The summed E-state index contributed by atoms with van der Waals surface area (Å²) in [5, 5.41) is 1.73. The van der Waals surface area contributed by atoms with Gasteiger partial charge in [0.25, 0.3) is 0 Å². The Morgan fingerprint density at radius 2 is 1.31 bits per heavy atom. The van der Waals surface area contributed by atoms with Crippen molar-refractivity contribution in [2.45, 2.75) is 117 Å². The van der Waals surface area contributed by atoms with Crippen molar-refractivity contribution in [3.8, 4) is 22.3 Å². The summed E-state index contributed by atoms with van der Waals surface area (Å²) in [5.74, 6) is 0.504. The molecule has 0 saturated heterocycles. The van der Waals surface area contributed by atoms with Gasteiger partial charge in [0.2, 0.25) is 0 Å². The van der Waals surface area contributed by atoms with Crippen molar-refractivity contribution < 1.29 is 0 Å². The number of fused-ring (bicyclic) bond motifs is 3. The van der Waals surface area contributed by atoms with E-state index in [1.165, 1.54) is 52.6 Å². The normalized spacial score (nSPS) is 17.6. The van der Waals surface area contributed by atoms with Crippen molar-refractivity contribution >= 4 is 19.3 Å². The molecule has 1 heteroatoms. The molecule has 3 aliphatic rings. The molecule has 4 aromatic rings. The zero-order chi connectivity index (χ0) is 34.3. The minimum atomic E-state index is -2.07. The van der Waals surface area contributed by atoms with Crippen LogP contribution in [0, 0.1) is 5.92 Å². The molecule has 48 heavy (non-hydrogen) atoms. The van der Waals surface area contributed by atoms with Gasteiger partial charge in [-0.1, -0.05) is 164 Å². The number of hydrogen-bond donors (Lipinski definition) is 0. The van der Waals surface area contributed by atoms with Crippen molar-refractivity contribution in [1.82, 2.24) is 0 Å². The van der Waals surface area contributed by atoms with E-state index in [1.807, 2.05) is 0 Å². The summed E-state index contributed by atoms with van der Waals surface area (Å²) in [6.45, 7) is 26.5. The molecule has 0 fully saturated rings. The molecule has 3 aliphatic carbocycles. The van der Waals surface area contributed by atoms with Crippen molar-refractivity contribution in [2.75, 3.05) is 0 Å². The minimum absolute atomic E-state index is 0.154. The fraction of sp³-hybridized carbons (Fsp3) is 0.404. The Hall–Kier alpha value is -3.42. The van der Waals surface area contributed by atoms with E-state index in [2.05, 4.69) is 154 Å². The summed E-state index contributed by atoms with van der Waals surface area (Å²) in [6, 6.07) is 28.8. The summed E-state index contributed by atoms with van der Waals surface area (Å²) in [7, 11) is -2.07. The molecule has 0 spiro atoms. The van der Waals surface area contributed by atoms with Crippen molar-refractivity contribution in [1.29, 1.82) is 0 Å². The summed E-state index contributed by atoms with van der Waals surface area (Å²) in [5.41, 5.74) is 22.0. The van der Waals surface area contributed by atoms with E-state index in [0.29, 0.717) is 11.5 Å². The predicted octanol–water partition coefficient (Wildman–Crippen LogP) is 13.1. The number of allylic oxidation sites excluding steroid dienone is 2. The lowest BCUT2D eigenvalue weighted by atomic mass is 9.84. The fourth-order valence-corrected chi connectivity index (χ4v) is 14.1. The lowest BCUT2D eigenvalue weighted by Crippen LogP contribution is -2.38. The minimum Gasteiger partial charge on any atom is -0.0690 e. The van der Waals surface area contributed by atoms with E-state index < -0.39 is 8.07 Å². The first-order valence-electron chi connectivity index (χ1n) is 18.5. The first kappa shape index (κ1) is 33.1. The van der Waals surface area contributed by atoms with Crippen LogP contribution in [0.3, 0.4) is 0 Å². The van der Waals surface area contributed by atoms with E-state index in [4.69, 9.17) is 0 Å². The molecular weight excluding hydrogens is 593 g/mol. The molecule has 248 valence electrons. The topological polar surface area (TPSA) is 0 Å². The van der Waals surface area contributed by atoms with Crippen molar-refractivity contribution in [2.24, 2.45) is 5.92 Å². The molecule has 0 aliphatic heterocycles. The maximum absolute atomic E-state index is 2.69. The van der Waals surface area contributed by atoms with Gasteiger partial charge >= 0.3 is 0 Å². The number of benzene rings is 4. The SMILES string of the molecule is CC1=C([Si](C)(C)C2C(C(C)C)=Cc3c(-c4ccc(C(C)(C)C)cc4)cccc32)c2cc3c(c(-c4ccc(C(C)(C)C)cc4)c2C1)CCC3. The molecule has 1 unspecified atom stereocenters. The highest BCUT2D eigenvalue weighted by molar-refractivity contribution is 6.96. The van der Waals surface area contributed by atoms with E-state index in [0.717, 1.165) is 6.42 Å². The van der Waals surface area contributed by atoms with Crippen LogP contribution in [-0.4, -0.2) is 8.07 Å². The number of hydrogen-bond acceptors (Lipinski definition) is 0. The second-order valence-corrected chi connectivity index (χ2v) is 22.5. The van der Waals surface area contributed by atoms with E-state index in [1.54, 1.807) is 49.7 Å². The summed E-state index contributed by atoms with van der Waals surface area (Å²) in [4.78, 5) is 0. The smallest absolute Gasteiger partial charge is 0.0690 e. The van der Waals surface area contributed by atoms with Gasteiger partial charge in [-0.15, -0.1) is 0 Å². The molecular formula is C47H56Si. The molecule has 0 heterocycles. The van der Waals surface area contributed by atoms with Gasteiger partial charge in [-0.3, -0.25) is 0 Å². The maximum Gasteiger partial charge on any atom is 0.0930 e. The Morgan fingerprint density at radius 3 is 1.90 bits per heavy atom. The van der Waals surface area contributed by atoms with Crippen LogP contribution >= 0.6 is 0 Å². The van der Waals surface area contributed by atoms with E-state index >= 15 is 0 Å². The highest BCUT2D eigenvalue weighted by Gasteiger charge is 2.46. The third kappa shape index (κ3) is 5.42. The maximum atomic E-state index is 2.69. The molecule has 0 radical (unpaired) electrons. The molecule has 0 amide bonds. The van der Waals surface area contributed by atoms with Gasteiger partial charge in [0.15, 0.2) is 0 Å². The lowest BCUT2D eigenvalue weighted by Gasteiger charge is -2.37. The van der Waals surface area contributed by atoms with Gasteiger partial charge in [0.05, 0.1) is 8.07 Å². The monoisotopic (exact) mass is 648 g/mol. The summed E-state index contributed by atoms with van der Waals surface area (Å²) in [6.07, 6.45) is 7.39. The lowest BCUT2D eigenvalue weighted by molar-refractivity contribution is 0.590. The van der Waals surface area contributed by atoms with Crippen LogP contribution in [0.5, 0.6) is 0 Å². The Bertz CT molecular complexity index is 1960. The predicted molar refractivity (Wildman–Crippen MR) is 213 cm³/mol. The zero-order valence-electron chi connectivity index (χ0n) is 31.5. The highest BCUT2D eigenvalue weighted by atomic mass is 28.3. The molecule has 0 nitrogen and oxygen atoms in total. The van der Waals surface area contributed by atoms with Gasteiger partial charge < -0.3 is 0 Å². The van der Waals surface area contributed by atoms with Crippen LogP contribution < -0.4 is 0 Å². The molecule has 0 saturated carbocycles. The third-order valence-corrected chi connectivity index (χ3v) is 15.9. The van der Waals surface area contributed by atoms with Gasteiger partial charge in [-0.2, -0.15) is 0 Å². The van der Waals surface area contributed by atoms with Crippen molar-refractivity contribution in [3.05, 3.63) is 128 Å². The molecule has 0 N–H and O–H groups in total. The van der Waals surface area contributed by atoms with Crippen LogP contribution in [0.25, 0.3) is 33.5 Å². The Kier molecular flexibility index (Phi) is 7.99. The van der Waals surface area contributed by atoms with Crippen LogP contribution in [-0.2, 0) is 30.1 Å².